The summed E-state index contributed by atoms with van der Waals surface area (Å²) in [6.07, 6.45) is 2.18. The lowest BCUT2D eigenvalue weighted by Crippen LogP contribution is -2.61. The Morgan fingerprint density at radius 1 is 1.20 bits per heavy atom. The quantitative estimate of drug-likeness (QED) is 0.834. The SMILES string of the molecule is CN(C)CC(=O)N1C[C@H](c2cccc(F)c2F)[C@@H]2[C@H]1C1CCN2CC1. The second-order valence-corrected chi connectivity index (χ2v) is 7.89. The number of fused-ring (bicyclic) bond motifs is 2. The van der Waals surface area contributed by atoms with Crippen LogP contribution in [0.2, 0.25) is 0 Å². The average Bonchev–Trinajstić information content (AvgIpc) is 3.00. The zero-order valence-corrected chi connectivity index (χ0v) is 14.8. The maximum atomic E-state index is 14.5. The fourth-order valence-electron chi connectivity index (χ4n) is 5.15. The van der Waals surface area contributed by atoms with Crippen molar-refractivity contribution in [1.29, 1.82) is 0 Å². The Balaban J connectivity index is 1.71. The van der Waals surface area contributed by atoms with Gasteiger partial charge in [-0.1, -0.05) is 12.1 Å². The lowest BCUT2D eigenvalue weighted by Gasteiger charge is -2.51. The van der Waals surface area contributed by atoms with Crippen molar-refractivity contribution in [2.75, 3.05) is 40.3 Å². The largest absolute Gasteiger partial charge is 0.336 e. The third-order valence-electron chi connectivity index (χ3n) is 6.15. The average molecular weight is 349 g/mol. The molecule has 1 aromatic carbocycles. The Hall–Kier alpha value is -1.53. The third kappa shape index (κ3) is 2.75. The van der Waals surface area contributed by atoms with Gasteiger partial charge in [0, 0.05) is 18.5 Å². The molecule has 2 bridgehead atoms. The molecule has 0 unspecified atom stereocenters. The summed E-state index contributed by atoms with van der Waals surface area (Å²) in [5.74, 6) is -1.15. The van der Waals surface area contributed by atoms with Crippen LogP contribution in [0.5, 0.6) is 0 Å². The van der Waals surface area contributed by atoms with Crippen LogP contribution < -0.4 is 0 Å². The molecule has 0 aliphatic carbocycles. The number of likely N-dealkylation sites (tertiary alicyclic amines) is 1. The summed E-state index contributed by atoms with van der Waals surface area (Å²) in [5.41, 5.74) is 0.419. The Kier molecular flexibility index (Phi) is 4.28. The lowest BCUT2D eigenvalue weighted by atomic mass is 9.75. The van der Waals surface area contributed by atoms with Gasteiger partial charge in [-0.25, -0.2) is 8.78 Å². The summed E-state index contributed by atoms with van der Waals surface area (Å²) in [6.45, 7) is 2.83. The van der Waals surface area contributed by atoms with Crippen LogP contribution in [0, 0.1) is 17.6 Å². The van der Waals surface area contributed by atoms with Gasteiger partial charge >= 0.3 is 0 Å². The minimum atomic E-state index is -0.803. The van der Waals surface area contributed by atoms with Gasteiger partial charge in [-0.3, -0.25) is 9.69 Å². The Morgan fingerprint density at radius 3 is 2.60 bits per heavy atom. The molecule has 1 aromatic rings. The molecule has 4 aliphatic rings. The van der Waals surface area contributed by atoms with E-state index >= 15 is 0 Å². The first-order valence-electron chi connectivity index (χ1n) is 9.09. The Bertz CT molecular complexity index is 673. The van der Waals surface area contributed by atoms with Gasteiger partial charge in [-0.15, -0.1) is 0 Å². The topological polar surface area (TPSA) is 26.8 Å². The highest BCUT2D eigenvalue weighted by atomic mass is 19.2. The third-order valence-corrected chi connectivity index (χ3v) is 6.15. The van der Waals surface area contributed by atoms with E-state index in [9.17, 15) is 13.6 Å². The molecule has 1 amide bonds. The minimum absolute atomic E-state index is 0.0908. The predicted molar refractivity (Wildman–Crippen MR) is 91.2 cm³/mol. The normalized spacial score (nSPS) is 33.8. The molecular formula is C19H25F2N3O. The molecule has 5 rings (SSSR count). The molecule has 0 saturated carbocycles. The van der Waals surface area contributed by atoms with E-state index in [1.165, 1.54) is 0 Å². The molecule has 0 spiro atoms. The van der Waals surface area contributed by atoms with E-state index in [2.05, 4.69) is 4.90 Å². The molecule has 4 aliphatic heterocycles. The van der Waals surface area contributed by atoms with Crippen molar-refractivity contribution in [2.45, 2.75) is 30.8 Å². The van der Waals surface area contributed by atoms with Crippen LogP contribution in [0.3, 0.4) is 0 Å². The first-order valence-corrected chi connectivity index (χ1v) is 9.09. The Labute approximate surface area is 147 Å². The van der Waals surface area contributed by atoms with Crippen LogP contribution >= 0.6 is 0 Å². The first kappa shape index (κ1) is 16.9. The van der Waals surface area contributed by atoms with E-state index in [-0.39, 0.29) is 23.9 Å². The van der Waals surface area contributed by atoms with E-state index in [0.717, 1.165) is 32.0 Å². The number of nitrogens with zero attached hydrogens (tertiary/aromatic N) is 3. The number of benzene rings is 1. The van der Waals surface area contributed by atoms with Crippen molar-refractivity contribution in [3.05, 3.63) is 35.4 Å². The highest BCUT2D eigenvalue weighted by Gasteiger charge is 2.55. The number of piperidine rings is 3. The van der Waals surface area contributed by atoms with Crippen LogP contribution in [0.25, 0.3) is 0 Å². The molecule has 4 nitrogen and oxygen atoms in total. The maximum absolute atomic E-state index is 14.5. The van der Waals surface area contributed by atoms with Crippen LogP contribution in [0.4, 0.5) is 8.78 Å². The second kappa shape index (κ2) is 6.32. The lowest BCUT2D eigenvalue weighted by molar-refractivity contribution is -0.136. The van der Waals surface area contributed by atoms with Crippen molar-refractivity contribution >= 4 is 5.91 Å². The van der Waals surface area contributed by atoms with Crippen molar-refractivity contribution in [3.8, 4) is 0 Å². The number of carbonyl (C=O) groups excluding carboxylic acids is 1. The zero-order valence-electron chi connectivity index (χ0n) is 14.8. The number of carbonyl (C=O) groups is 1. The van der Waals surface area contributed by atoms with Gasteiger partial charge in [0.05, 0.1) is 12.6 Å². The molecule has 0 radical (unpaired) electrons. The second-order valence-electron chi connectivity index (χ2n) is 7.89. The van der Waals surface area contributed by atoms with E-state index < -0.39 is 11.6 Å². The van der Waals surface area contributed by atoms with Gasteiger partial charge in [0.1, 0.15) is 0 Å². The molecule has 136 valence electrons. The van der Waals surface area contributed by atoms with Crippen molar-refractivity contribution in [1.82, 2.24) is 14.7 Å². The number of hydrogen-bond donors (Lipinski definition) is 0. The molecule has 4 fully saturated rings. The summed E-state index contributed by atoms with van der Waals surface area (Å²) in [7, 11) is 3.76. The summed E-state index contributed by atoms with van der Waals surface area (Å²) >= 11 is 0. The van der Waals surface area contributed by atoms with E-state index in [1.807, 2.05) is 23.9 Å². The van der Waals surface area contributed by atoms with Crippen molar-refractivity contribution in [3.63, 3.8) is 0 Å². The molecule has 4 saturated heterocycles. The van der Waals surface area contributed by atoms with Crippen LogP contribution in [-0.2, 0) is 4.79 Å². The molecule has 25 heavy (non-hydrogen) atoms. The Morgan fingerprint density at radius 2 is 1.92 bits per heavy atom. The number of hydrogen-bond acceptors (Lipinski definition) is 3. The number of rotatable bonds is 3. The highest BCUT2D eigenvalue weighted by Crippen LogP contribution is 2.47. The van der Waals surface area contributed by atoms with Gasteiger partial charge < -0.3 is 9.80 Å². The summed E-state index contributed by atoms with van der Waals surface area (Å²) < 4.78 is 28.3. The van der Waals surface area contributed by atoms with Gasteiger partial charge in [-0.05, 0) is 57.6 Å². The zero-order chi connectivity index (χ0) is 17.7. The number of likely N-dealkylation sites (N-methyl/N-ethyl adjacent to an activating group) is 1. The summed E-state index contributed by atoms with van der Waals surface area (Å²) in [5, 5.41) is 0. The van der Waals surface area contributed by atoms with Gasteiger partial charge in [0.15, 0.2) is 11.6 Å². The predicted octanol–water partition coefficient (Wildman–Crippen LogP) is 1.91. The van der Waals surface area contributed by atoms with Gasteiger partial charge in [0.25, 0.3) is 0 Å². The van der Waals surface area contributed by atoms with Crippen molar-refractivity contribution in [2.24, 2.45) is 5.92 Å². The maximum Gasteiger partial charge on any atom is 0.237 e. The highest BCUT2D eigenvalue weighted by molar-refractivity contribution is 5.79. The molecule has 3 atom stereocenters. The monoisotopic (exact) mass is 349 g/mol. The van der Waals surface area contributed by atoms with Crippen LogP contribution in [0.15, 0.2) is 18.2 Å². The molecular weight excluding hydrogens is 324 g/mol. The molecule has 0 aromatic heterocycles. The van der Waals surface area contributed by atoms with Crippen LogP contribution in [-0.4, -0.2) is 73.0 Å². The fourth-order valence-corrected chi connectivity index (χ4v) is 5.15. The number of amides is 1. The number of halogens is 2. The van der Waals surface area contributed by atoms with Gasteiger partial charge in [0.2, 0.25) is 5.91 Å². The standard InChI is InChI=1S/C19H25F2N3O/c1-22(2)11-16(25)24-10-14(13-4-3-5-15(20)17(13)21)19-18(24)12-6-8-23(19)9-7-12/h3-5,12,14,18-19H,6-11H2,1-2H3/t14-,18-,19-/m1/s1. The van der Waals surface area contributed by atoms with E-state index in [4.69, 9.17) is 0 Å². The summed E-state index contributed by atoms with van der Waals surface area (Å²) in [6, 6.07) is 4.65. The minimum Gasteiger partial charge on any atom is -0.336 e. The van der Waals surface area contributed by atoms with E-state index in [1.54, 1.807) is 12.1 Å². The van der Waals surface area contributed by atoms with Crippen LogP contribution in [0.1, 0.15) is 24.3 Å². The smallest absolute Gasteiger partial charge is 0.237 e. The molecule has 0 N–H and O–H groups in total. The molecule has 6 heteroatoms. The first-order chi connectivity index (χ1) is 12.0. The summed E-state index contributed by atoms with van der Waals surface area (Å²) in [4.78, 5) is 19.0. The fraction of sp³-hybridized carbons (Fsp3) is 0.632. The van der Waals surface area contributed by atoms with Gasteiger partial charge in [-0.2, -0.15) is 0 Å². The molecule has 4 heterocycles. The van der Waals surface area contributed by atoms with E-state index in [0.29, 0.717) is 24.6 Å². The van der Waals surface area contributed by atoms with Crippen molar-refractivity contribution < 1.29 is 13.6 Å².